The highest BCUT2D eigenvalue weighted by atomic mass is 32.1. The number of amides is 2. The molecule has 0 aromatic carbocycles. The first kappa shape index (κ1) is 10.4. The van der Waals surface area contributed by atoms with Gasteiger partial charge in [-0.3, -0.25) is 0 Å². The fraction of sp³-hybridized carbons (Fsp3) is 0.500. The minimum Gasteiger partial charge on any atom is -0.388 e. The summed E-state index contributed by atoms with van der Waals surface area (Å²) in [4.78, 5) is 12.3. The van der Waals surface area contributed by atoms with Crippen LogP contribution in [0.2, 0.25) is 0 Å². The molecule has 1 aromatic heterocycles. The van der Waals surface area contributed by atoms with Crippen molar-refractivity contribution in [1.29, 1.82) is 0 Å². The Bertz CT molecular complexity index is 364. The molecule has 2 rings (SSSR count). The first-order valence-corrected chi connectivity index (χ1v) is 5.84. The Hall–Kier alpha value is -1.07. The lowest BCUT2D eigenvalue weighted by Crippen LogP contribution is -2.37. The van der Waals surface area contributed by atoms with Crippen LogP contribution >= 0.6 is 11.3 Å². The molecule has 0 fully saturated rings. The molecule has 3 N–H and O–H groups in total. The predicted octanol–water partition coefficient (Wildman–Crippen LogP) is 1.55. The quantitative estimate of drug-likeness (QED) is 0.680. The molecule has 0 unspecified atom stereocenters. The zero-order valence-corrected chi connectivity index (χ0v) is 9.30. The van der Waals surface area contributed by atoms with Gasteiger partial charge in [-0.05, 0) is 29.9 Å². The average molecular weight is 226 g/mol. The number of rotatable bonds is 1. The van der Waals surface area contributed by atoms with Gasteiger partial charge in [-0.15, -0.1) is 11.3 Å². The summed E-state index contributed by atoms with van der Waals surface area (Å²) in [5, 5.41) is 17.1. The van der Waals surface area contributed by atoms with Crippen LogP contribution in [0.25, 0.3) is 0 Å². The number of aliphatic hydroxyl groups excluding tert-OH is 1. The Kier molecular flexibility index (Phi) is 2.93. The number of hydrogen-bond acceptors (Lipinski definition) is 3. The smallest absolute Gasteiger partial charge is 0.315 e. The molecule has 1 aliphatic carbocycles. The van der Waals surface area contributed by atoms with E-state index in [0.717, 1.165) is 16.9 Å². The highest BCUT2D eigenvalue weighted by Crippen LogP contribution is 2.39. The lowest BCUT2D eigenvalue weighted by atomic mass is 9.92. The minimum atomic E-state index is -0.367. The second-order valence-corrected chi connectivity index (χ2v) is 4.56. The number of fused-ring (bicyclic) bond motifs is 1. The molecule has 1 heterocycles. The number of carbonyl (C=O) groups excluding carboxylic acids is 1. The molecule has 4 nitrogen and oxygen atoms in total. The molecule has 0 aliphatic heterocycles. The van der Waals surface area contributed by atoms with Gasteiger partial charge in [0.2, 0.25) is 0 Å². The number of hydrogen-bond donors (Lipinski definition) is 3. The van der Waals surface area contributed by atoms with Crippen LogP contribution in [0.1, 0.15) is 35.4 Å². The number of nitrogens with one attached hydrogen (secondary N) is 2. The molecule has 2 atom stereocenters. The molecule has 15 heavy (non-hydrogen) atoms. The fourth-order valence-corrected chi connectivity index (χ4v) is 2.91. The standard InChI is InChI=1S/C10H14N2O2S/c1-11-10(14)12-7-2-3-8(13)6-4-5-15-9(6)7/h4-5,7-8,13H,2-3H2,1H3,(H2,11,12,14)/t7-,8-/m1/s1. The van der Waals surface area contributed by atoms with Crippen molar-refractivity contribution in [3.05, 3.63) is 21.9 Å². The SMILES string of the molecule is CNC(=O)N[C@@H]1CC[C@@H](O)c2ccsc21. The Morgan fingerprint density at radius 3 is 3.13 bits per heavy atom. The maximum absolute atomic E-state index is 11.2. The summed E-state index contributed by atoms with van der Waals surface area (Å²) in [7, 11) is 1.60. The van der Waals surface area contributed by atoms with E-state index in [2.05, 4.69) is 10.6 Å². The summed E-state index contributed by atoms with van der Waals surface area (Å²) in [6.07, 6.45) is 1.13. The van der Waals surface area contributed by atoms with Crippen LogP contribution < -0.4 is 10.6 Å². The summed E-state index contributed by atoms with van der Waals surface area (Å²) in [6, 6.07) is 1.81. The molecule has 82 valence electrons. The summed E-state index contributed by atoms with van der Waals surface area (Å²) < 4.78 is 0. The molecular formula is C10H14N2O2S. The third-order valence-corrected chi connectivity index (χ3v) is 3.71. The Morgan fingerprint density at radius 1 is 1.60 bits per heavy atom. The normalized spacial score (nSPS) is 24.4. The van der Waals surface area contributed by atoms with Crippen molar-refractivity contribution in [3.63, 3.8) is 0 Å². The molecule has 0 spiro atoms. The van der Waals surface area contributed by atoms with E-state index < -0.39 is 0 Å². The van der Waals surface area contributed by atoms with Gasteiger partial charge in [-0.1, -0.05) is 0 Å². The lowest BCUT2D eigenvalue weighted by Gasteiger charge is -2.26. The van der Waals surface area contributed by atoms with Crippen LogP contribution in [0, 0.1) is 0 Å². The third-order valence-electron chi connectivity index (χ3n) is 2.66. The maximum atomic E-state index is 11.2. The number of thiophene rings is 1. The minimum absolute atomic E-state index is 0.0448. The van der Waals surface area contributed by atoms with Crippen LogP contribution in [-0.4, -0.2) is 18.2 Å². The van der Waals surface area contributed by atoms with Gasteiger partial charge in [0.25, 0.3) is 0 Å². The number of aliphatic hydroxyl groups is 1. The molecule has 5 heteroatoms. The fourth-order valence-electron chi connectivity index (χ4n) is 1.87. The van der Waals surface area contributed by atoms with E-state index in [1.807, 2.05) is 11.4 Å². The van der Waals surface area contributed by atoms with Crippen LogP contribution in [0.3, 0.4) is 0 Å². The summed E-state index contributed by atoms with van der Waals surface area (Å²) in [5.41, 5.74) is 0.965. The maximum Gasteiger partial charge on any atom is 0.315 e. The first-order valence-electron chi connectivity index (χ1n) is 4.96. The van der Waals surface area contributed by atoms with E-state index in [-0.39, 0.29) is 18.2 Å². The first-order chi connectivity index (χ1) is 7.22. The Labute approximate surface area is 92.3 Å². The molecule has 0 bridgehead atoms. The molecular weight excluding hydrogens is 212 g/mol. The second-order valence-electron chi connectivity index (χ2n) is 3.61. The molecule has 0 saturated heterocycles. The van der Waals surface area contributed by atoms with Crippen LogP contribution in [-0.2, 0) is 0 Å². The highest BCUT2D eigenvalue weighted by Gasteiger charge is 2.27. The van der Waals surface area contributed by atoms with Gasteiger partial charge in [-0.2, -0.15) is 0 Å². The summed E-state index contributed by atoms with van der Waals surface area (Å²) in [6.45, 7) is 0. The van der Waals surface area contributed by atoms with Crippen molar-refractivity contribution in [1.82, 2.24) is 10.6 Å². The predicted molar refractivity (Wildman–Crippen MR) is 58.8 cm³/mol. The lowest BCUT2D eigenvalue weighted by molar-refractivity contribution is 0.148. The second kappa shape index (κ2) is 4.20. The van der Waals surface area contributed by atoms with E-state index >= 15 is 0 Å². The van der Waals surface area contributed by atoms with E-state index in [0.29, 0.717) is 6.42 Å². The van der Waals surface area contributed by atoms with Crippen LogP contribution in [0.5, 0.6) is 0 Å². The van der Waals surface area contributed by atoms with Gasteiger partial charge in [0.15, 0.2) is 0 Å². The van der Waals surface area contributed by atoms with Gasteiger partial charge < -0.3 is 15.7 Å². The van der Waals surface area contributed by atoms with E-state index in [1.165, 1.54) is 0 Å². The van der Waals surface area contributed by atoms with Gasteiger partial charge in [-0.25, -0.2) is 4.79 Å². The number of urea groups is 1. The zero-order chi connectivity index (χ0) is 10.8. The van der Waals surface area contributed by atoms with Crippen LogP contribution in [0.15, 0.2) is 11.4 Å². The van der Waals surface area contributed by atoms with Crippen molar-refractivity contribution >= 4 is 17.4 Å². The van der Waals surface area contributed by atoms with Crippen molar-refractivity contribution in [2.75, 3.05) is 7.05 Å². The van der Waals surface area contributed by atoms with E-state index in [4.69, 9.17) is 0 Å². The molecule has 1 aromatic rings. The van der Waals surface area contributed by atoms with Crippen molar-refractivity contribution in [3.8, 4) is 0 Å². The average Bonchev–Trinajstić information content (AvgIpc) is 2.71. The van der Waals surface area contributed by atoms with Gasteiger partial charge in [0.1, 0.15) is 0 Å². The topological polar surface area (TPSA) is 61.4 Å². The highest BCUT2D eigenvalue weighted by molar-refractivity contribution is 7.10. The Morgan fingerprint density at radius 2 is 2.40 bits per heavy atom. The monoisotopic (exact) mass is 226 g/mol. The summed E-state index contributed by atoms with van der Waals surface area (Å²) >= 11 is 1.59. The van der Waals surface area contributed by atoms with Gasteiger partial charge in [0, 0.05) is 11.9 Å². The zero-order valence-electron chi connectivity index (χ0n) is 8.49. The van der Waals surface area contributed by atoms with Gasteiger partial charge >= 0.3 is 6.03 Å². The molecule has 2 amide bonds. The Balaban J connectivity index is 2.17. The largest absolute Gasteiger partial charge is 0.388 e. The van der Waals surface area contributed by atoms with Crippen LogP contribution in [0.4, 0.5) is 4.79 Å². The number of carbonyl (C=O) groups is 1. The summed E-state index contributed by atoms with van der Waals surface area (Å²) in [5.74, 6) is 0. The van der Waals surface area contributed by atoms with Crippen molar-refractivity contribution in [2.24, 2.45) is 0 Å². The van der Waals surface area contributed by atoms with Crippen molar-refractivity contribution in [2.45, 2.75) is 25.0 Å². The molecule has 0 radical (unpaired) electrons. The third kappa shape index (κ3) is 1.98. The molecule has 1 aliphatic rings. The van der Waals surface area contributed by atoms with E-state index in [9.17, 15) is 9.90 Å². The van der Waals surface area contributed by atoms with E-state index in [1.54, 1.807) is 18.4 Å². The van der Waals surface area contributed by atoms with Gasteiger partial charge in [0.05, 0.1) is 12.1 Å². The molecule has 0 saturated carbocycles. The van der Waals surface area contributed by atoms with Crippen molar-refractivity contribution < 1.29 is 9.90 Å².